The molecule has 9 heteroatoms. The molecule has 1 atom stereocenters. The summed E-state index contributed by atoms with van der Waals surface area (Å²) in [7, 11) is 0. The first-order chi connectivity index (χ1) is 11.7. The Morgan fingerprint density at radius 2 is 2.08 bits per heavy atom. The zero-order valence-corrected chi connectivity index (χ0v) is 15.0. The number of aryl methyl sites for hydroxylation is 1. The summed E-state index contributed by atoms with van der Waals surface area (Å²) in [6.07, 6.45) is 1.41. The highest BCUT2D eigenvalue weighted by Gasteiger charge is 2.22. The van der Waals surface area contributed by atoms with E-state index in [4.69, 9.17) is 21.1 Å². The molecule has 7 nitrogen and oxygen atoms in total. The van der Waals surface area contributed by atoms with E-state index in [0.29, 0.717) is 10.9 Å². The molecule has 1 aromatic heterocycles. The standard InChI is InChI=1S/C16H16ClNO6S/c1-7-8-3-10(17)12(19)5-13(8)24-16(23)9(7)4-14(20)18-11(6-25-2)15(21)22/h3,5,11,19H,4,6H2,1-2H3,(H,18,20)(H,21,22)/t11-/m0/s1. The van der Waals surface area contributed by atoms with Crippen molar-refractivity contribution in [3.05, 3.63) is 38.7 Å². The van der Waals surface area contributed by atoms with Crippen LogP contribution in [0.2, 0.25) is 5.02 Å². The summed E-state index contributed by atoms with van der Waals surface area (Å²) >= 11 is 7.16. The monoisotopic (exact) mass is 385 g/mol. The fraction of sp³-hybridized carbons (Fsp3) is 0.312. The normalized spacial score (nSPS) is 12.1. The highest BCUT2D eigenvalue weighted by atomic mass is 35.5. The number of carboxylic acids is 1. The van der Waals surface area contributed by atoms with Gasteiger partial charge in [0.05, 0.1) is 17.0 Å². The first-order valence-corrected chi connectivity index (χ1v) is 8.97. The minimum atomic E-state index is -1.15. The van der Waals surface area contributed by atoms with Crippen LogP contribution in [0.5, 0.6) is 5.75 Å². The molecular formula is C16H16ClNO6S. The Hall–Kier alpha value is -2.19. The van der Waals surface area contributed by atoms with Gasteiger partial charge < -0.3 is 19.9 Å². The second kappa shape index (κ2) is 7.79. The number of benzene rings is 1. The predicted octanol–water partition coefficient (Wildman–Crippen LogP) is 1.94. The van der Waals surface area contributed by atoms with Crippen LogP contribution in [0, 0.1) is 6.92 Å². The minimum Gasteiger partial charge on any atom is -0.506 e. The lowest BCUT2D eigenvalue weighted by Crippen LogP contribution is -2.43. The number of amides is 1. The van der Waals surface area contributed by atoms with Crippen molar-refractivity contribution < 1.29 is 24.2 Å². The Morgan fingerprint density at radius 1 is 1.40 bits per heavy atom. The summed E-state index contributed by atoms with van der Waals surface area (Å²) in [4.78, 5) is 35.4. The molecule has 1 aromatic carbocycles. The molecule has 0 saturated heterocycles. The van der Waals surface area contributed by atoms with Gasteiger partial charge in [-0.1, -0.05) is 11.6 Å². The smallest absolute Gasteiger partial charge is 0.340 e. The first kappa shape index (κ1) is 19.1. The average Bonchev–Trinajstić information content (AvgIpc) is 2.53. The van der Waals surface area contributed by atoms with Gasteiger partial charge in [0, 0.05) is 17.2 Å². The molecule has 0 aliphatic heterocycles. The Kier molecular flexibility index (Phi) is 5.97. The van der Waals surface area contributed by atoms with Gasteiger partial charge in [-0.2, -0.15) is 11.8 Å². The van der Waals surface area contributed by atoms with Gasteiger partial charge >= 0.3 is 11.6 Å². The lowest BCUT2D eigenvalue weighted by Gasteiger charge is -2.14. The van der Waals surface area contributed by atoms with Crippen molar-refractivity contribution in [3.63, 3.8) is 0 Å². The van der Waals surface area contributed by atoms with E-state index in [-0.39, 0.29) is 34.1 Å². The number of nitrogens with one attached hydrogen (secondary N) is 1. The lowest BCUT2D eigenvalue weighted by molar-refractivity contribution is -0.141. The van der Waals surface area contributed by atoms with Gasteiger partial charge in [-0.05, 0) is 24.8 Å². The summed E-state index contributed by atoms with van der Waals surface area (Å²) in [6.45, 7) is 1.63. The Labute approximate surface area is 152 Å². The zero-order chi connectivity index (χ0) is 18.7. The molecule has 2 aromatic rings. The second-order valence-corrected chi connectivity index (χ2v) is 6.70. The van der Waals surface area contributed by atoms with Crippen LogP contribution in [-0.4, -0.2) is 40.1 Å². The number of carboxylic acid groups (broad SMARTS) is 1. The third-order valence-corrected chi connectivity index (χ3v) is 4.63. The number of phenols is 1. The summed E-state index contributed by atoms with van der Waals surface area (Å²) in [5.41, 5.74) is 0.0260. The first-order valence-electron chi connectivity index (χ1n) is 7.20. The topological polar surface area (TPSA) is 117 Å². The molecule has 25 heavy (non-hydrogen) atoms. The summed E-state index contributed by atoms with van der Waals surface area (Å²) in [5.74, 6) is -1.75. The SMILES string of the molecule is CSC[C@H](NC(=O)Cc1c(C)c2cc(Cl)c(O)cc2oc1=O)C(=O)O. The number of carbonyl (C=O) groups is 2. The maximum atomic E-state index is 12.1. The molecule has 0 spiro atoms. The number of carbonyl (C=O) groups excluding carboxylic acids is 1. The van der Waals surface area contributed by atoms with Gasteiger partial charge in [-0.25, -0.2) is 9.59 Å². The van der Waals surface area contributed by atoms with Crippen molar-refractivity contribution in [2.75, 3.05) is 12.0 Å². The fourth-order valence-corrected chi connectivity index (χ4v) is 3.07. The van der Waals surface area contributed by atoms with Crippen LogP contribution in [0.3, 0.4) is 0 Å². The van der Waals surface area contributed by atoms with Crippen LogP contribution in [0.4, 0.5) is 0 Å². The van der Waals surface area contributed by atoms with E-state index >= 15 is 0 Å². The van der Waals surface area contributed by atoms with E-state index < -0.39 is 23.5 Å². The zero-order valence-electron chi connectivity index (χ0n) is 13.5. The van der Waals surface area contributed by atoms with Crippen LogP contribution in [-0.2, 0) is 16.0 Å². The number of halogens is 1. The number of fused-ring (bicyclic) bond motifs is 1. The third-order valence-electron chi connectivity index (χ3n) is 3.66. The van der Waals surface area contributed by atoms with E-state index in [1.807, 2.05) is 0 Å². The van der Waals surface area contributed by atoms with Crippen LogP contribution in [0.15, 0.2) is 21.3 Å². The number of hydrogen-bond acceptors (Lipinski definition) is 6. The van der Waals surface area contributed by atoms with Gasteiger partial charge in [-0.15, -0.1) is 0 Å². The van der Waals surface area contributed by atoms with Crippen molar-refractivity contribution in [1.82, 2.24) is 5.32 Å². The van der Waals surface area contributed by atoms with Crippen molar-refractivity contribution in [1.29, 1.82) is 0 Å². The van der Waals surface area contributed by atoms with Crippen LogP contribution in [0.1, 0.15) is 11.1 Å². The molecule has 0 radical (unpaired) electrons. The lowest BCUT2D eigenvalue weighted by atomic mass is 10.0. The molecule has 0 saturated carbocycles. The van der Waals surface area contributed by atoms with Gasteiger partial charge in [0.1, 0.15) is 17.4 Å². The average molecular weight is 386 g/mol. The summed E-state index contributed by atoms with van der Waals surface area (Å²) in [5, 5.41) is 21.6. The van der Waals surface area contributed by atoms with E-state index in [2.05, 4.69) is 5.32 Å². The molecule has 1 heterocycles. The Morgan fingerprint density at radius 3 is 2.68 bits per heavy atom. The molecule has 2 rings (SSSR count). The number of phenolic OH excluding ortho intramolecular Hbond substituents is 1. The van der Waals surface area contributed by atoms with Gasteiger partial charge in [-0.3, -0.25) is 4.79 Å². The van der Waals surface area contributed by atoms with Crippen LogP contribution in [0.25, 0.3) is 11.0 Å². The van der Waals surface area contributed by atoms with Crippen LogP contribution >= 0.6 is 23.4 Å². The van der Waals surface area contributed by atoms with E-state index in [0.717, 1.165) is 0 Å². The van der Waals surface area contributed by atoms with Crippen molar-refractivity contribution >= 4 is 46.2 Å². The highest BCUT2D eigenvalue weighted by Crippen LogP contribution is 2.30. The minimum absolute atomic E-state index is 0.0887. The molecule has 0 aliphatic rings. The predicted molar refractivity (Wildman–Crippen MR) is 95.5 cm³/mol. The molecule has 0 unspecified atom stereocenters. The van der Waals surface area contributed by atoms with Crippen molar-refractivity contribution in [2.24, 2.45) is 0 Å². The Balaban J connectivity index is 2.35. The molecule has 1 amide bonds. The van der Waals surface area contributed by atoms with Gasteiger partial charge in [0.25, 0.3) is 0 Å². The van der Waals surface area contributed by atoms with E-state index in [9.17, 15) is 19.5 Å². The van der Waals surface area contributed by atoms with Gasteiger partial charge in [0.15, 0.2) is 0 Å². The molecule has 3 N–H and O–H groups in total. The summed E-state index contributed by atoms with van der Waals surface area (Å²) < 4.78 is 5.14. The summed E-state index contributed by atoms with van der Waals surface area (Å²) in [6, 6.07) is 1.64. The molecular weight excluding hydrogens is 370 g/mol. The molecule has 0 aliphatic carbocycles. The third kappa shape index (κ3) is 4.26. The highest BCUT2D eigenvalue weighted by molar-refractivity contribution is 7.98. The molecule has 0 bridgehead atoms. The number of thioether (sulfide) groups is 1. The van der Waals surface area contributed by atoms with Crippen molar-refractivity contribution in [3.8, 4) is 5.75 Å². The van der Waals surface area contributed by atoms with Crippen molar-refractivity contribution in [2.45, 2.75) is 19.4 Å². The number of aliphatic carboxylic acids is 1. The van der Waals surface area contributed by atoms with E-state index in [1.54, 1.807) is 13.2 Å². The number of aromatic hydroxyl groups is 1. The van der Waals surface area contributed by atoms with Crippen LogP contribution < -0.4 is 10.9 Å². The van der Waals surface area contributed by atoms with Gasteiger partial charge in [0.2, 0.25) is 5.91 Å². The van der Waals surface area contributed by atoms with E-state index in [1.165, 1.54) is 23.9 Å². The maximum Gasteiger partial charge on any atom is 0.340 e. The fourth-order valence-electron chi connectivity index (χ4n) is 2.35. The second-order valence-electron chi connectivity index (χ2n) is 5.38. The largest absolute Gasteiger partial charge is 0.506 e. The number of rotatable bonds is 6. The molecule has 0 fully saturated rings. The quantitative estimate of drug-likeness (QED) is 0.650. The maximum absolute atomic E-state index is 12.1. The number of hydrogen-bond donors (Lipinski definition) is 3. The Bertz CT molecular complexity index is 894. The molecule has 134 valence electrons.